The molecule has 0 bridgehead atoms. The van der Waals surface area contributed by atoms with E-state index in [2.05, 4.69) is 63.7 Å². The van der Waals surface area contributed by atoms with E-state index in [1.54, 1.807) is 6.07 Å². The lowest BCUT2D eigenvalue weighted by Gasteiger charge is -2.04. The molecule has 0 spiro atoms. The zero-order chi connectivity index (χ0) is 9.30. The summed E-state index contributed by atoms with van der Waals surface area (Å²) in [6, 6.07) is 1.74. The van der Waals surface area contributed by atoms with E-state index in [0.29, 0.717) is 5.56 Å². The second kappa shape index (κ2) is 4.35. The van der Waals surface area contributed by atoms with Crippen molar-refractivity contribution in [1.29, 1.82) is 0 Å². The Labute approximate surface area is 103 Å². The first kappa shape index (κ1) is 10.9. The highest BCUT2D eigenvalue weighted by Crippen LogP contribution is 2.38. The van der Waals surface area contributed by atoms with Gasteiger partial charge in [0.1, 0.15) is 0 Å². The maximum atomic E-state index is 10.6. The molecular formula is C7H2Br4O. The highest BCUT2D eigenvalue weighted by atomic mass is 79.9. The number of carbonyl (C=O) groups excluding carboxylic acids is 1. The number of hydrogen-bond donors (Lipinski definition) is 0. The monoisotopic (exact) mass is 418 g/mol. The summed E-state index contributed by atoms with van der Waals surface area (Å²) in [7, 11) is 0. The van der Waals surface area contributed by atoms with E-state index < -0.39 is 0 Å². The molecule has 0 unspecified atom stereocenters. The van der Waals surface area contributed by atoms with Crippen molar-refractivity contribution in [3.63, 3.8) is 0 Å². The lowest BCUT2D eigenvalue weighted by atomic mass is 10.2. The predicted molar refractivity (Wildman–Crippen MR) is 62.6 cm³/mol. The summed E-state index contributed by atoms with van der Waals surface area (Å²) in [6.07, 6.45) is 0.798. The summed E-state index contributed by atoms with van der Waals surface area (Å²) in [5.74, 6) is 0. The van der Waals surface area contributed by atoms with Gasteiger partial charge in [-0.15, -0.1) is 0 Å². The maximum Gasteiger partial charge on any atom is 0.151 e. The Kier molecular flexibility index (Phi) is 3.95. The molecule has 0 aliphatic rings. The third kappa shape index (κ3) is 2.00. The van der Waals surface area contributed by atoms with Crippen molar-refractivity contribution >= 4 is 70.0 Å². The van der Waals surface area contributed by atoms with Gasteiger partial charge in [0.15, 0.2) is 6.29 Å². The predicted octanol–water partition coefficient (Wildman–Crippen LogP) is 4.55. The number of benzene rings is 1. The summed E-state index contributed by atoms with van der Waals surface area (Å²) in [5.41, 5.74) is 0.608. The molecule has 0 radical (unpaired) electrons. The van der Waals surface area contributed by atoms with Crippen LogP contribution in [0.15, 0.2) is 24.0 Å². The van der Waals surface area contributed by atoms with Gasteiger partial charge in [-0.1, -0.05) is 0 Å². The Balaban J connectivity index is 3.49. The smallest absolute Gasteiger partial charge is 0.151 e. The van der Waals surface area contributed by atoms with Gasteiger partial charge >= 0.3 is 0 Å². The van der Waals surface area contributed by atoms with Crippen LogP contribution in [0.3, 0.4) is 0 Å². The van der Waals surface area contributed by atoms with E-state index in [1.807, 2.05) is 0 Å². The normalized spacial score (nSPS) is 10.0. The van der Waals surface area contributed by atoms with E-state index in [1.165, 1.54) is 0 Å². The molecule has 64 valence electrons. The average Bonchev–Trinajstić information content (AvgIpc) is 2.08. The standard InChI is InChI=1S/C7H2Br4O/c8-4-1-3(2-12)5(9)7(11)6(4)10/h1-2H. The zero-order valence-corrected chi connectivity index (χ0v) is 11.9. The Bertz CT molecular complexity index is 335. The van der Waals surface area contributed by atoms with E-state index >= 15 is 0 Å². The number of carbonyl (C=O) groups is 1. The van der Waals surface area contributed by atoms with Crippen LogP contribution in [0.25, 0.3) is 0 Å². The zero-order valence-electron chi connectivity index (χ0n) is 5.57. The summed E-state index contributed by atoms with van der Waals surface area (Å²) in [5, 5.41) is 0. The van der Waals surface area contributed by atoms with E-state index in [9.17, 15) is 4.79 Å². The first-order valence-electron chi connectivity index (χ1n) is 2.86. The second-order valence-corrected chi connectivity index (χ2v) is 5.24. The molecule has 1 aromatic carbocycles. The largest absolute Gasteiger partial charge is 0.298 e. The molecule has 5 heteroatoms. The summed E-state index contributed by atoms with van der Waals surface area (Å²) in [6.45, 7) is 0. The average molecular weight is 422 g/mol. The van der Waals surface area contributed by atoms with E-state index in [4.69, 9.17) is 0 Å². The molecule has 12 heavy (non-hydrogen) atoms. The number of rotatable bonds is 1. The van der Waals surface area contributed by atoms with Crippen molar-refractivity contribution in [2.45, 2.75) is 0 Å². The van der Waals surface area contributed by atoms with Gasteiger partial charge in [-0.2, -0.15) is 0 Å². The van der Waals surface area contributed by atoms with Crippen LogP contribution in [-0.4, -0.2) is 6.29 Å². The SMILES string of the molecule is O=Cc1cc(Br)c(Br)c(Br)c1Br. The van der Waals surface area contributed by atoms with Gasteiger partial charge in [0.2, 0.25) is 0 Å². The fraction of sp³-hybridized carbons (Fsp3) is 0. The van der Waals surface area contributed by atoms with Gasteiger partial charge in [0, 0.05) is 23.5 Å². The molecule has 1 aromatic rings. The van der Waals surface area contributed by atoms with Gasteiger partial charge < -0.3 is 0 Å². The van der Waals surface area contributed by atoms with Crippen molar-refractivity contribution < 1.29 is 4.79 Å². The molecule has 0 aliphatic heterocycles. The molecule has 1 rings (SSSR count). The van der Waals surface area contributed by atoms with Crippen LogP contribution >= 0.6 is 63.7 Å². The lowest BCUT2D eigenvalue weighted by Crippen LogP contribution is -1.85. The van der Waals surface area contributed by atoms with Crippen LogP contribution in [0.5, 0.6) is 0 Å². The van der Waals surface area contributed by atoms with Gasteiger partial charge in [-0.25, -0.2) is 0 Å². The van der Waals surface area contributed by atoms with Crippen molar-refractivity contribution in [1.82, 2.24) is 0 Å². The topological polar surface area (TPSA) is 17.1 Å². The third-order valence-corrected chi connectivity index (χ3v) is 5.95. The summed E-state index contributed by atoms with van der Waals surface area (Å²) >= 11 is 13.3. The van der Waals surface area contributed by atoms with Crippen LogP contribution in [0, 0.1) is 0 Å². The van der Waals surface area contributed by atoms with E-state index in [-0.39, 0.29) is 0 Å². The minimum atomic E-state index is 0.608. The number of aldehydes is 1. The van der Waals surface area contributed by atoms with Crippen LogP contribution < -0.4 is 0 Å². The lowest BCUT2D eigenvalue weighted by molar-refractivity contribution is 0.112. The van der Waals surface area contributed by atoms with Crippen LogP contribution in [0.4, 0.5) is 0 Å². The molecule has 0 aromatic heterocycles. The molecule has 1 nitrogen and oxygen atoms in total. The number of hydrogen-bond acceptors (Lipinski definition) is 1. The minimum absolute atomic E-state index is 0.608. The van der Waals surface area contributed by atoms with Crippen molar-refractivity contribution in [2.24, 2.45) is 0 Å². The van der Waals surface area contributed by atoms with E-state index in [0.717, 1.165) is 24.2 Å². The highest BCUT2D eigenvalue weighted by molar-refractivity contribution is 9.15. The van der Waals surface area contributed by atoms with Crippen molar-refractivity contribution in [3.8, 4) is 0 Å². The summed E-state index contributed by atoms with van der Waals surface area (Å²) in [4.78, 5) is 10.6. The molecule has 0 fully saturated rings. The number of halogens is 4. The Morgan fingerprint density at radius 1 is 1.00 bits per heavy atom. The van der Waals surface area contributed by atoms with Crippen molar-refractivity contribution in [3.05, 3.63) is 29.5 Å². The molecule has 0 heterocycles. The van der Waals surface area contributed by atoms with Crippen LogP contribution in [-0.2, 0) is 0 Å². The molecule has 0 aliphatic carbocycles. The minimum Gasteiger partial charge on any atom is -0.298 e. The Morgan fingerprint density at radius 3 is 2.08 bits per heavy atom. The maximum absolute atomic E-state index is 10.6. The summed E-state index contributed by atoms with van der Waals surface area (Å²) < 4.78 is 3.33. The van der Waals surface area contributed by atoms with Gasteiger partial charge in [-0.3, -0.25) is 4.79 Å². The second-order valence-electron chi connectivity index (χ2n) is 2.01. The van der Waals surface area contributed by atoms with Crippen LogP contribution in [0.2, 0.25) is 0 Å². The molecule has 0 atom stereocenters. The fourth-order valence-electron chi connectivity index (χ4n) is 0.677. The van der Waals surface area contributed by atoms with Gasteiger partial charge in [0.05, 0.1) is 0 Å². The molecule has 0 N–H and O–H groups in total. The molecule has 0 saturated carbocycles. The van der Waals surface area contributed by atoms with Crippen LogP contribution in [0.1, 0.15) is 10.4 Å². The molecular weight excluding hydrogens is 420 g/mol. The van der Waals surface area contributed by atoms with Gasteiger partial charge in [-0.05, 0) is 69.8 Å². The molecule has 0 saturated heterocycles. The fourth-order valence-corrected chi connectivity index (χ4v) is 2.82. The first-order chi connectivity index (χ1) is 5.57. The van der Waals surface area contributed by atoms with Crippen molar-refractivity contribution in [2.75, 3.05) is 0 Å². The molecule has 0 amide bonds. The van der Waals surface area contributed by atoms with Gasteiger partial charge in [0.25, 0.3) is 0 Å². The highest BCUT2D eigenvalue weighted by Gasteiger charge is 2.10. The Morgan fingerprint density at radius 2 is 1.58 bits per heavy atom. The third-order valence-electron chi connectivity index (χ3n) is 1.26. The quantitative estimate of drug-likeness (QED) is 0.369. The Hall–Kier alpha value is 0.810. The first-order valence-corrected chi connectivity index (χ1v) is 6.03.